The normalized spacial score (nSPS) is 11.4. The summed E-state index contributed by atoms with van der Waals surface area (Å²) in [6, 6.07) is 9.91. The lowest BCUT2D eigenvalue weighted by molar-refractivity contribution is -0.159. The quantitative estimate of drug-likeness (QED) is 0.537. The summed E-state index contributed by atoms with van der Waals surface area (Å²) in [7, 11) is 0. The molecule has 4 rings (SSSR count). The van der Waals surface area contributed by atoms with Crippen LogP contribution in [0.4, 0.5) is 18.9 Å². The number of rotatable bonds is 5. The number of carbonyl (C=O) groups is 1. The summed E-state index contributed by atoms with van der Waals surface area (Å²) >= 11 is 0. The van der Waals surface area contributed by atoms with E-state index >= 15 is 0 Å². The Hall–Kier alpha value is -4.02. The summed E-state index contributed by atoms with van der Waals surface area (Å²) in [5, 5.41) is 6.08. The van der Waals surface area contributed by atoms with E-state index in [1.807, 2.05) is 0 Å². The van der Waals surface area contributed by atoms with Crippen molar-refractivity contribution in [2.24, 2.45) is 0 Å². The number of amides is 1. The average Bonchev–Trinajstić information content (AvgIpc) is 3.38. The van der Waals surface area contributed by atoms with Crippen molar-refractivity contribution >= 4 is 11.6 Å². The molecule has 0 radical (unpaired) electrons. The highest BCUT2D eigenvalue weighted by molar-refractivity contribution is 5.91. The predicted octanol–water partition coefficient (Wildman–Crippen LogP) is 3.52. The van der Waals surface area contributed by atoms with E-state index < -0.39 is 12.1 Å². The highest BCUT2D eigenvalue weighted by atomic mass is 19.4. The van der Waals surface area contributed by atoms with Gasteiger partial charge in [-0.1, -0.05) is 5.16 Å². The molecular formula is C19H13F3N6O2. The molecule has 0 unspecified atom stereocenters. The van der Waals surface area contributed by atoms with E-state index in [9.17, 15) is 18.0 Å². The molecule has 0 aliphatic carbocycles. The molecule has 0 spiro atoms. The molecule has 3 heterocycles. The van der Waals surface area contributed by atoms with Gasteiger partial charge in [-0.15, -0.1) is 0 Å². The van der Waals surface area contributed by atoms with Gasteiger partial charge in [-0.3, -0.25) is 9.78 Å². The molecule has 0 saturated heterocycles. The third-order valence-corrected chi connectivity index (χ3v) is 4.02. The molecular weight excluding hydrogens is 401 g/mol. The van der Waals surface area contributed by atoms with Crippen LogP contribution in [-0.2, 0) is 17.4 Å². The van der Waals surface area contributed by atoms with Crippen LogP contribution in [0.2, 0.25) is 0 Å². The number of benzene rings is 1. The van der Waals surface area contributed by atoms with Crippen LogP contribution in [0.5, 0.6) is 0 Å². The summed E-state index contributed by atoms with van der Waals surface area (Å²) in [5.41, 5.74) is 2.21. The molecule has 0 aliphatic rings. The number of nitrogens with one attached hydrogen (secondary N) is 1. The number of nitrogens with zero attached hydrogens (tertiary/aromatic N) is 5. The largest absolute Gasteiger partial charge is 0.471 e. The second-order valence-corrected chi connectivity index (χ2v) is 6.21. The lowest BCUT2D eigenvalue weighted by Gasteiger charge is -2.03. The van der Waals surface area contributed by atoms with E-state index in [0.717, 1.165) is 0 Å². The average molecular weight is 414 g/mol. The number of imidazole rings is 1. The minimum absolute atomic E-state index is 0.0725. The topological polar surface area (TPSA) is 98.7 Å². The van der Waals surface area contributed by atoms with Crippen molar-refractivity contribution in [2.45, 2.75) is 12.6 Å². The van der Waals surface area contributed by atoms with Crippen molar-refractivity contribution in [1.29, 1.82) is 0 Å². The minimum atomic E-state index is -4.69. The van der Waals surface area contributed by atoms with Crippen molar-refractivity contribution in [2.75, 3.05) is 5.32 Å². The Labute approximate surface area is 167 Å². The number of aromatic nitrogens is 5. The number of carbonyl (C=O) groups excluding carboxylic acids is 1. The van der Waals surface area contributed by atoms with Gasteiger partial charge in [-0.25, -0.2) is 4.98 Å². The molecule has 1 amide bonds. The molecule has 0 atom stereocenters. The second kappa shape index (κ2) is 7.78. The van der Waals surface area contributed by atoms with E-state index in [4.69, 9.17) is 0 Å². The van der Waals surface area contributed by atoms with Gasteiger partial charge in [0.1, 0.15) is 0 Å². The first-order valence-electron chi connectivity index (χ1n) is 8.63. The summed E-state index contributed by atoms with van der Waals surface area (Å²) in [5.74, 6) is -1.79. The third kappa shape index (κ3) is 4.35. The predicted molar refractivity (Wildman–Crippen MR) is 98.4 cm³/mol. The lowest BCUT2D eigenvalue weighted by atomic mass is 10.2. The number of pyridine rings is 1. The molecule has 8 nitrogen and oxygen atoms in total. The highest BCUT2D eigenvalue weighted by Gasteiger charge is 2.38. The summed E-state index contributed by atoms with van der Waals surface area (Å²) in [6.45, 7) is 0. The molecule has 152 valence electrons. The molecule has 0 aliphatic heterocycles. The summed E-state index contributed by atoms with van der Waals surface area (Å²) in [4.78, 5) is 23.6. The lowest BCUT2D eigenvalue weighted by Crippen LogP contribution is -2.14. The molecule has 0 fully saturated rings. The van der Waals surface area contributed by atoms with Crippen molar-refractivity contribution in [3.8, 4) is 17.1 Å². The maximum absolute atomic E-state index is 12.6. The third-order valence-electron chi connectivity index (χ3n) is 4.02. The molecule has 0 bridgehead atoms. The SMILES string of the molecule is O=C(Cc1cn(-c2ccc(-c3noc(C(F)(F)F)n3)cc2)cn1)Nc1cccnc1. The Morgan fingerprint density at radius 1 is 1.17 bits per heavy atom. The van der Waals surface area contributed by atoms with Crippen LogP contribution < -0.4 is 5.32 Å². The zero-order valence-electron chi connectivity index (χ0n) is 15.2. The van der Waals surface area contributed by atoms with E-state index in [1.165, 1.54) is 6.33 Å². The van der Waals surface area contributed by atoms with Crippen molar-refractivity contribution in [1.82, 2.24) is 24.7 Å². The number of halogens is 3. The van der Waals surface area contributed by atoms with Gasteiger partial charge < -0.3 is 14.4 Å². The smallest absolute Gasteiger partial charge is 0.329 e. The van der Waals surface area contributed by atoms with Crippen LogP contribution in [0.1, 0.15) is 11.6 Å². The van der Waals surface area contributed by atoms with Gasteiger partial charge in [0, 0.05) is 23.6 Å². The van der Waals surface area contributed by atoms with E-state index in [0.29, 0.717) is 22.6 Å². The molecule has 4 aromatic rings. The fraction of sp³-hybridized carbons (Fsp3) is 0.105. The van der Waals surface area contributed by atoms with Gasteiger partial charge in [-0.05, 0) is 36.4 Å². The Morgan fingerprint density at radius 3 is 2.63 bits per heavy atom. The van der Waals surface area contributed by atoms with E-state index in [-0.39, 0.29) is 18.2 Å². The zero-order valence-corrected chi connectivity index (χ0v) is 15.2. The van der Waals surface area contributed by atoms with Gasteiger partial charge >= 0.3 is 12.1 Å². The van der Waals surface area contributed by atoms with Gasteiger partial charge in [0.2, 0.25) is 11.7 Å². The fourth-order valence-corrected chi connectivity index (χ4v) is 2.64. The van der Waals surface area contributed by atoms with Crippen molar-refractivity contribution in [3.63, 3.8) is 0 Å². The monoisotopic (exact) mass is 414 g/mol. The molecule has 0 saturated carbocycles. The molecule has 30 heavy (non-hydrogen) atoms. The number of hydrogen-bond donors (Lipinski definition) is 1. The van der Waals surface area contributed by atoms with Crippen LogP contribution in [0, 0.1) is 0 Å². The Bertz CT molecular complexity index is 1150. The van der Waals surface area contributed by atoms with Gasteiger partial charge in [0.25, 0.3) is 0 Å². The zero-order chi connectivity index (χ0) is 21.1. The first-order chi connectivity index (χ1) is 14.4. The van der Waals surface area contributed by atoms with E-state index in [1.54, 1.807) is 59.6 Å². The summed E-state index contributed by atoms with van der Waals surface area (Å²) in [6.07, 6.45) is 1.76. The highest BCUT2D eigenvalue weighted by Crippen LogP contribution is 2.29. The first kappa shape index (κ1) is 19.3. The van der Waals surface area contributed by atoms with Crippen LogP contribution in [0.3, 0.4) is 0 Å². The number of hydrogen-bond acceptors (Lipinski definition) is 6. The maximum Gasteiger partial charge on any atom is 0.471 e. The standard InChI is InChI=1S/C19H13F3N6O2/c20-19(21,22)18-26-17(27-30-18)12-3-5-15(6-4-12)28-10-14(24-11-28)8-16(29)25-13-2-1-7-23-9-13/h1-7,9-11H,8H2,(H,25,29). The number of alkyl halides is 3. The van der Waals surface area contributed by atoms with Gasteiger partial charge in [-0.2, -0.15) is 18.2 Å². The Kier molecular flexibility index (Phi) is 5.00. The molecule has 1 N–H and O–H groups in total. The van der Waals surface area contributed by atoms with Gasteiger partial charge in [0.05, 0.1) is 30.3 Å². The summed E-state index contributed by atoms with van der Waals surface area (Å²) < 4.78 is 43.7. The molecule has 11 heteroatoms. The first-order valence-corrected chi connectivity index (χ1v) is 8.63. The molecule has 3 aromatic heterocycles. The van der Waals surface area contributed by atoms with Crippen LogP contribution in [0.25, 0.3) is 17.1 Å². The second-order valence-electron chi connectivity index (χ2n) is 6.21. The molecule has 1 aromatic carbocycles. The van der Waals surface area contributed by atoms with E-state index in [2.05, 4.69) is 29.9 Å². The van der Waals surface area contributed by atoms with Crippen molar-refractivity contribution in [3.05, 3.63) is 72.9 Å². The van der Waals surface area contributed by atoms with Crippen molar-refractivity contribution < 1.29 is 22.5 Å². The fourth-order valence-electron chi connectivity index (χ4n) is 2.64. The van der Waals surface area contributed by atoms with Crippen LogP contribution in [-0.4, -0.2) is 30.6 Å². The Morgan fingerprint density at radius 2 is 1.97 bits per heavy atom. The van der Waals surface area contributed by atoms with Gasteiger partial charge in [0.15, 0.2) is 0 Å². The van der Waals surface area contributed by atoms with Crippen LogP contribution >= 0.6 is 0 Å². The Balaban J connectivity index is 1.43. The van der Waals surface area contributed by atoms with Crippen LogP contribution in [0.15, 0.2) is 65.8 Å². The number of anilines is 1. The maximum atomic E-state index is 12.6. The minimum Gasteiger partial charge on any atom is -0.329 e.